The lowest BCUT2D eigenvalue weighted by molar-refractivity contribution is 0.0600. The molecule has 0 N–H and O–H groups in total. The third kappa shape index (κ3) is 5.17. The van der Waals surface area contributed by atoms with E-state index in [4.69, 9.17) is 16.3 Å². The summed E-state index contributed by atoms with van der Waals surface area (Å²) >= 11 is 5.91. The Hall–Kier alpha value is -2.20. The molecule has 128 valence electrons. The number of halogens is 1. The van der Waals surface area contributed by atoms with Gasteiger partial charge in [0.1, 0.15) is 5.75 Å². The average Bonchev–Trinajstić information content (AvgIpc) is 2.60. The number of anilines is 1. The van der Waals surface area contributed by atoms with E-state index in [9.17, 15) is 4.79 Å². The third-order valence-electron chi connectivity index (χ3n) is 3.66. The molecule has 0 aliphatic heterocycles. The highest BCUT2D eigenvalue weighted by molar-refractivity contribution is 6.30. The van der Waals surface area contributed by atoms with E-state index in [2.05, 4.69) is 16.6 Å². The van der Waals surface area contributed by atoms with E-state index in [1.54, 1.807) is 24.3 Å². The maximum atomic E-state index is 11.4. The molecule has 0 amide bonds. The lowest BCUT2D eigenvalue weighted by atomic mass is 10.1. The van der Waals surface area contributed by atoms with Gasteiger partial charge in [0, 0.05) is 30.2 Å². The van der Waals surface area contributed by atoms with Crippen LogP contribution < -0.4 is 9.64 Å². The largest absolute Gasteiger partial charge is 0.493 e. The maximum absolute atomic E-state index is 11.4. The van der Waals surface area contributed by atoms with Crippen molar-refractivity contribution >= 4 is 23.3 Å². The van der Waals surface area contributed by atoms with Gasteiger partial charge in [-0.1, -0.05) is 18.5 Å². The molecule has 24 heavy (non-hydrogen) atoms. The summed E-state index contributed by atoms with van der Waals surface area (Å²) in [6.07, 6.45) is 0. The van der Waals surface area contributed by atoms with Crippen LogP contribution in [0.25, 0.3) is 0 Å². The molecule has 2 rings (SSSR count). The van der Waals surface area contributed by atoms with Crippen LogP contribution in [-0.2, 0) is 4.74 Å². The van der Waals surface area contributed by atoms with Crippen LogP contribution in [-0.4, -0.2) is 33.3 Å². The van der Waals surface area contributed by atoms with Crippen LogP contribution in [0.1, 0.15) is 17.3 Å². The van der Waals surface area contributed by atoms with Crippen molar-refractivity contribution in [1.82, 2.24) is 0 Å². The molecule has 0 aliphatic carbocycles. The lowest BCUT2D eigenvalue weighted by Crippen LogP contribution is -2.27. The van der Waals surface area contributed by atoms with Gasteiger partial charge in [-0.3, -0.25) is 0 Å². The molecule has 0 saturated carbocycles. The monoisotopic (exact) mass is 347 g/mol. The standard InChI is InChI=1S/C19H22ClNO3/c1-14(12-21(2)17-8-6-16(20)7-9-17)13-24-18-10-4-15(5-11-18)19(22)23-3/h4-11,14H,12-13H2,1-3H3. The van der Waals surface area contributed by atoms with Gasteiger partial charge in [0.05, 0.1) is 19.3 Å². The zero-order chi connectivity index (χ0) is 17.5. The minimum absolute atomic E-state index is 0.339. The minimum Gasteiger partial charge on any atom is -0.493 e. The van der Waals surface area contributed by atoms with E-state index in [1.807, 2.05) is 31.3 Å². The van der Waals surface area contributed by atoms with Crippen LogP contribution in [0.15, 0.2) is 48.5 Å². The van der Waals surface area contributed by atoms with Crippen molar-refractivity contribution in [2.45, 2.75) is 6.92 Å². The Bertz CT molecular complexity index is 655. The van der Waals surface area contributed by atoms with Gasteiger partial charge in [0.2, 0.25) is 0 Å². The van der Waals surface area contributed by atoms with Crippen LogP contribution in [0.5, 0.6) is 5.75 Å². The van der Waals surface area contributed by atoms with Crippen LogP contribution in [0.3, 0.4) is 0 Å². The average molecular weight is 348 g/mol. The molecule has 0 saturated heterocycles. The number of esters is 1. The van der Waals surface area contributed by atoms with Crippen LogP contribution in [0.2, 0.25) is 5.02 Å². The number of carbonyl (C=O) groups excluding carboxylic acids is 1. The molecule has 0 fully saturated rings. The van der Waals surface area contributed by atoms with Crippen molar-refractivity contribution in [1.29, 1.82) is 0 Å². The summed E-state index contributed by atoms with van der Waals surface area (Å²) in [5.41, 5.74) is 1.63. The molecule has 0 spiro atoms. The van der Waals surface area contributed by atoms with Crippen molar-refractivity contribution < 1.29 is 14.3 Å². The normalized spacial score (nSPS) is 11.7. The van der Waals surface area contributed by atoms with Gasteiger partial charge in [0.25, 0.3) is 0 Å². The highest BCUT2D eigenvalue weighted by Crippen LogP contribution is 2.18. The molecule has 0 aliphatic rings. The quantitative estimate of drug-likeness (QED) is 0.701. The summed E-state index contributed by atoms with van der Waals surface area (Å²) in [5, 5.41) is 0.735. The zero-order valence-corrected chi connectivity index (χ0v) is 14.9. The summed E-state index contributed by atoms with van der Waals surface area (Å²) in [4.78, 5) is 13.6. The number of hydrogen-bond acceptors (Lipinski definition) is 4. The molecule has 4 nitrogen and oxygen atoms in total. The van der Waals surface area contributed by atoms with E-state index in [1.165, 1.54) is 7.11 Å². The number of ether oxygens (including phenoxy) is 2. The SMILES string of the molecule is COC(=O)c1ccc(OCC(C)CN(C)c2ccc(Cl)cc2)cc1. The van der Waals surface area contributed by atoms with Gasteiger partial charge in [-0.25, -0.2) is 4.79 Å². The van der Waals surface area contributed by atoms with E-state index in [-0.39, 0.29) is 5.97 Å². The summed E-state index contributed by atoms with van der Waals surface area (Å²) < 4.78 is 10.5. The van der Waals surface area contributed by atoms with Gasteiger partial charge in [-0.2, -0.15) is 0 Å². The first kappa shape index (κ1) is 18.1. The lowest BCUT2D eigenvalue weighted by Gasteiger charge is -2.23. The smallest absolute Gasteiger partial charge is 0.337 e. The van der Waals surface area contributed by atoms with E-state index in [0.717, 1.165) is 23.0 Å². The Morgan fingerprint density at radius 2 is 1.75 bits per heavy atom. The molecule has 1 unspecified atom stereocenters. The van der Waals surface area contributed by atoms with E-state index < -0.39 is 0 Å². The Labute approximate surface area is 147 Å². The first-order valence-electron chi connectivity index (χ1n) is 7.77. The molecule has 0 bridgehead atoms. The van der Waals surface area contributed by atoms with Crippen molar-refractivity contribution in [2.75, 3.05) is 32.2 Å². The number of carbonyl (C=O) groups is 1. The summed E-state index contributed by atoms with van der Waals surface area (Å²) in [6.45, 7) is 3.59. The van der Waals surface area contributed by atoms with Crippen LogP contribution in [0, 0.1) is 5.92 Å². The van der Waals surface area contributed by atoms with Crippen molar-refractivity contribution in [3.05, 3.63) is 59.1 Å². The van der Waals surface area contributed by atoms with Crippen LogP contribution in [0.4, 0.5) is 5.69 Å². The number of methoxy groups -OCH3 is 1. The number of nitrogens with zero attached hydrogens (tertiary/aromatic N) is 1. The molecule has 2 aromatic rings. The molecular weight excluding hydrogens is 326 g/mol. The predicted octanol–water partition coefficient (Wildman–Crippen LogP) is 4.28. The number of benzene rings is 2. The summed E-state index contributed by atoms with van der Waals surface area (Å²) in [5.74, 6) is 0.731. The Kier molecular flexibility index (Phi) is 6.50. The summed E-state index contributed by atoms with van der Waals surface area (Å²) in [7, 11) is 3.41. The fourth-order valence-electron chi connectivity index (χ4n) is 2.36. The van der Waals surface area contributed by atoms with E-state index in [0.29, 0.717) is 18.1 Å². The topological polar surface area (TPSA) is 38.8 Å². The van der Waals surface area contributed by atoms with Gasteiger partial charge in [0.15, 0.2) is 0 Å². The third-order valence-corrected chi connectivity index (χ3v) is 3.91. The first-order chi connectivity index (χ1) is 11.5. The van der Waals surface area contributed by atoms with Crippen LogP contribution >= 0.6 is 11.6 Å². The maximum Gasteiger partial charge on any atom is 0.337 e. The van der Waals surface area contributed by atoms with Crippen molar-refractivity contribution in [3.63, 3.8) is 0 Å². The minimum atomic E-state index is -0.348. The number of hydrogen-bond donors (Lipinski definition) is 0. The molecule has 0 heterocycles. The Balaban J connectivity index is 1.83. The molecular formula is C19H22ClNO3. The van der Waals surface area contributed by atoms with Gasteiger partial charge < -0.3 is 14.4 Å². The second-order valence-corrected chi connectivity index (χ2v) is 6.23. The van der Waals surface area contributed by atoms with E-state index >= 15 is 0 Å². The van der Waals surface area contributed by atoms with Gasteiger partial charge in [-0.15, -0.1) is 0 Å². The predicted molar refractivity (Wildman–Crippen MR) is 97.2 cm³/mol. The fraction of sp³-hybridized carbons (Fsp3) is 0.316. The Morgan fingerprint density at radius 3 is 2.33 bits per heavy atom. The molecule has 1 atom stereocenters. The molecule has 2 aromatic carbocycles. The highest BCUT2D eigenvalue weighted by atomic mass is 35.5. The molecule has 0 aromatic heterocycles. The Morgan fingerprint density at radius 1 is 1.12 bits per heavy atom. The van der Waals surface area contributed by atoms with Gasteiger partial charge >= 0.3 is 5.97 Å². The van der Waals surface area contributed by atoms with Crippen molar-refractivity contribution in [2.24, 2.45) is 5.92 Å². The van der Waals surface area contributed by atoms with Gasteiger partial charge in [-0.05, 0) is 48.5 Å². The highest BCUT2D eigenvalue weighted by Gasteiger charge is 2.09. The second-order valence-electron chi connectivity index (χ2n) is 5.79. The first-order valence-corrected chi connectivity index (χ1v) is 8.15. The zero-order valence-electron chi connectivity index (χ0n) is 14.2. The molecule has 5 heteroatoms. The number of rotatable bonds is 7. The summed E-state index contributed by atoms with van der Waals surface area (Å²) in [6, 6.07) is 14.7. The van der Waals surface area contributed by atoms with Crippen molar-refractivity contribution in [3.8, 4) is 5.75 Å². The molecule has 0 radical (unpaired) electrons. The fourth-order valence-corrected chi connectivity index (χ4v) is 2.49. The second kappa shape index (κ2) is 8.60.